The van der Waals surface area contributed by atoms with Gasteiger partial charge in [0.2, 0.25) is 0 Å². The van der Waals surface area contributed by atoms with Gasteiger partial charge in [-0.1, -0.05) is 30.3 Å². The molecule has 1 aromatic heterocycles. The molecule has 0 radical (unpaired) electrons. The number of fused-ring (bicyclic) bond motifs is 1. The van der Waals surface area contributed by atoms with Crippen LogP contribution in [0.1, 0.15) is 42.2 Å². The molecule has 3 rings (SSSR count). The molecule has 0 saturated carbocycles. The van der Waals surface area contributed by atoms with Crippen molar-refractivity contribution in [2.75, 3.05) is 0 Å². The van der Waals surface area contributed by atoms with Crippen LogP contribution >= 0.6 is 0 Å². The second-order valence-corrected chi connectivity index (χ2v) is 5.65. The van der Waals surface area contributed by atoms with Crippen molar-refractivity contribution in [1.29, 1.82) is 0 Å². The molecule has 0 bridgehead atoms. The third-order valence-electron chi connectivity index (χ3n) is 3.95. The first kappa shape index (κ1) is 12.3. The molecular weight excluding hydrogens is 234 g/mol. The fraction of sp³-hybridized carbons (Fsp3) is 0.375. The van der Waals surface area contributed by atoms with E-state index in [2.05, 4.69) is 50.4 Å². The molecule has 1 aliphatic heterocycles. The largest absolute Gasteiger partial charge is 0.307 e. The van der Waals surface area contributed by atoms with Crippen LogP contribution in [-0.4, -0.2) is 9.97 Å². The van der Waals surface area contributed by atoms with E-state index in [-0.39, 0.29) is 5.41 Å². The zero-order valence-corrected chi connectivity index (χ0v) is 11.7. The summed E-state index contributed by atoms with van der Waals surface area (Å²) in [7, 11) is 0. The number of aryl methyl sites for hydroxylation is 1. The molecule has 1 aliphatic rings. The average molecular weight is 253 g/mol. The van der Waals surface area contributed by atoms with Crippen molar-refractivity contribution in [2.24, 2.45) is 0 Å². The minimum atomic E-state index is -0.163. The summed E-state index contributed by atoms with van der Waals surface area (Å²) in [6.07, 6.45) is 0. The van der Waals surface area contributed by atoms with Crippen LogP contribution in [0.25, 0.3) is 0 Å². The maximum Gasteiger partial charge on any atom is 0.138 e. The van der Waals surface area contributed by atoms with E-state index in [9.17, 15) is 0 Å². The fourth-order valence-corrected chi connectivity index (χ4v) is 2.60. The van der Waals surface area contributed by atoms with Crippen LogP contribution in [0.4, 0.5) is 0 Å². The summed E-state index contributed by atoms with van der Waals surface area (Å²) in [5.74, 6) is 0.915. The summed E-state index contributed by atoms with van der Waals surface area (Å²) in [5, 5.41) is 3.34. The van der Waals surface area contributed by atoms with Crippen LogP contribution < -0.4 is 5.32 Å². The highest BCUT2D eigenvalue weighted by molar-refractivity contribution is 5.35. The Labute approximate surface area is 114 Å². The lowest BCUT2D eigenvalue weighted by Gasteiger charge is -2.24. The minimum absolute atomic E-state index is 0.163. The van der Waals surface area contributed by atoms with Gasteiger partial charge in [0, 0.05) is 29.8 Å². The first-order valence-corrected chi connectivity index (χ1v) is 6.72. The van der Waals surface area contributed by atoms with Crippen molar-refractivity contribution in [3.63, 3.8) is 0 Å². The van der Waals surface area contributed by atoms with Gasteiger partial charge in [0.1, 0.15) is 5.82 Å². The Hall–Kier alpha value is -1.74. The molecule has 0 aliphatic carbocycles. The smallest absolute Gasteiger partial charge is 0.138 e. The summed E-state index contributed by atoms with van der Waals surface area (Å²) in [6, 6.07) is 10.5. The van der Waals surface area contributed by atoms with E-state index in [1.165, 1.54) is 11.1 Å². The predicted octanol–water partition coefficient (Wildman–Crippen LogP) is 2.71. The minimum Gasteiger partial charge on any atom is -0.307 e. The standard InChI is InChI=1S/C16H19N3/c1-11-13-9-17-10-14(13)19-15(18-11)16(2,3)12-7-5-4-6-8-12/h4-8,17H,9-10H2,1-3H3. The van der Waals surface area contributed by atoms with Crippen molar-refractivity contribution in [3.05, 3.63) is 58.7 Å². The highest BCUT2D eigenvalue weighted by Gasteiger charge is 2.28. The average Bonchev–Trinajstić information content (AvgIpc) is 2.88. The number of hydrogen-bond donors (Lipinski definition) is 1. The third-order valence-corrected chi connectivity index (χ3v) is 3.95. The van der Waals surface area contributed by atoms with E-state index < -0.39 is 0 Å². The number of rotatable bonds is 2. The fourth-order valence-electron chi connectivity index (χ4n) is 2.60. The third kappa shape index (κ3) is 2.04. The van der Waals surface area contributed by atoms with Gasteiger partial charge in [-0.05, 0) is 26.3 Å². The van der Waals surface area contributed by atoms with Gasteiger partial charge in [-0.25, -0.2) is 9.97 Å². The Morgan fingerprint density at radius 1 is 1.05 bits per heavy atom. The molecule has 0 unspecified atom stereocenters. The second-order valence-electron chi connectivity index (χ2n) is 5.65. The van der Waals surface area contributed by atoms with Gasteiger partial charge < -0.3 is 5.32 Å². The van der Waals surface area contributed by atoms with Gasteiger partial charge in [-0.3, -0.25) is 0 Å². The molecule has 0 saturated heterocycles. The van der Waals surface area contributed by atoms with Crippen molar-refractivity contribution in [3.8, 4) is 0 Å². The molecule has 3 heteroatoms. The van der Waals surface area contributed by atoms with Gasteiger partial charge in [-0.2, -0.15) is 0 Å². The monoisotopic (exact) mass is 253 g/mol. The normalized spacial score (nSPS) is 14.5. The predicted molar refractivity (Wildman–Crippen MR) is 75.9 cm³/mol. The molecule has 2 aromatic rings. The number of nitrogens with zero attached hydrogens (tertiary/aromatic N) is 2. The first-order valence-electron chi connectivity index (χ1n) is 6.72. The number of benzene rings is 1. The van der Waals surface area contributed by atoms with E-state index in [1.807, 2.05) is 6.07 Å². The van der Waals surface area contributed by atoms with Crippen LogP contribution in [0.5, 0.6) is 0 Å². The zero-order chi connectivity index (χ0) is 13.5. The van der Waals surface area contributed by atoms with Gasteiger partial charge in [0.05, 0.1) is 5.69 Å². The van der Waals surface area contributed by atoms with Crippen molar-refractivity contribution in [1.82, 2.24) is 15.3 Å². The lowest BCUT2D eigenvalue weighted by atomic mass is 9.83. The van der Waals surface area contributed by atoms with Gasteiger partial charge in [0.25, 0.3) is 0 Å². The summed E-state index contributed by atoms with van der Waals surface area (Å²) in [6.45, 7) is 8.21. The Morgan fingerprint density at radius 3 is 2.53 bits per heavy atom. The Balaban J connectivity index is 2.09. The summed E-state index contributed by atoms with van der Waals surface area (Å²) in [4.78, 5) is 9.53. The van der Waals surface area contributed by atoms with E-state index in [1.54, 1.807) is 0 Å². The summed E-state index contributed by atoms with van der Waals surface area (Å²) < 4.78 is 0. The van der Waals surface area contributed by atoms with Gasteiger partial charge in [0.15, 0.2) is 0 Å². The van der Waals surface area contributed by atoms with Gasteiger partial charge in [-0.15, -0.1) is 0 Å². The van der Waals surface area contributed by atoms with Crippen LogP contribution in [0.2, 0.25) is 0 Å². The highest BCUT2D eigenvalue weighted by Crippen LogP contribution is 2.30. The van der Waals surface area contributed by atoms with E-state index >= 15 is 0 Å². The molecule has 1 aromatic carbocycles. The van der Waals surface area contributed by atoms with E-state index in [4.69, 9.17) is 9.97 Å². The number of aromatic nitrogens is 2. The van der Waals surface area contributed by atoms with Crippen molar-refractivity contribution < 1.29 is 0 Å². The molecule has 0 amide bonds. The molecule has 1 N–H and O–H groups in total. The number of nitrogens with one attached hydrogen (secondary N) is 1. The Morgan fingerprint density at radius 2 is 1.79 bits per heavy atom. The quantitative estimate of drug-likeness (QED) is 0.894. The Bertz CT molecular complexity index is 603. The summed E-state index contributed by atoms with van der Waals surface area (Å²) >= 11 is 0. The van der Waals surface area contributed by atoms with E-state index in [0.29, 0.717) is 0 Å². The topological polar surface area (TPSA) is 37.8 Å². The summed E-state index contributed by atoms with van der Waals surface area (Å²) in [5.41, 5.74) is 4.62. The SMILES string of the molecule is Cc1nc(C(C)(C)c2ccccc2)nc2c1CNC2. The number of hydrogen-bond acceptors (Lipinski definition) is 3. The molecule has 19 heavy (non-hydrogen) atoms. The maximum absolute atomic E-state index is 4.79. The zero-order valence-electron chi connectivity index (χ0n) is 11.7. The molecule has 0 fully saturated rings. The highest BCUT2D eigenvalue weighted by atomic mass is 15.0. The van der Waals surface area contributed by atoms with E-state index in [0.717, 1.165) is 30.3 Å². The van der Waals surface area contributed by atoms with Crippen molar-refractivity contribution >= 4 is 0 Å². The molecule has 98 valence electrons. The van der Waals surface area contributed by atoms with Crippen molar-refractivity contribution in [2.45, 2.75) is 39.3 Å². The lowest BCUT2D eigenvalue weighted by molar-refractivity contribution is 0.582. The molecule has 2 heterocycles. The van der Waals surface area contributed by atoms with Crippen LogP contribution in [0.3, 0.4) is 0 Å². The molecule has 0 atom stereocenters. The Kier molecular flexibility index (Phi) is 2.86. The maximum atomic E-state index is 4.79. The molecule has 0 spiro atoms. The second kappa shape index (κ2) is 4.42. The lowest BCUT2D eigenvalue weighted by Crippen LogP contribution is -2.23. The molecular formula is C16H19N3. The van der Waals surface area contributed by atoms with Crippen LogP contribution in [-0.2, 0) is 18.5 Å². The van der Waals surface area contributed by atoms with Gasteiger partial charge >= 0.3 is 0 Å². The first-order chi connectivity index (χ1) is 9.09. The molecule has 3 nitrogen and oxygen atoms in total. The van der Waals surface area contributed by atoms with Crippen LogP contribution in [0.15, 0.2) is 30.3 Å². The van der Waals surface area contributed by atoms with Crippen LogP contribution in [0, 0.1) is 6.92 Å².